The summed E-state index contributed by atoms with van der Waals surface area (Å²) in [4.78, 5) is 17.2. The van der Waals surface area contributed by atoms with Gasteiger partial charge in [-0.15, -0.1) is 0 Å². The zero-order valence-corrected chi connectivity index (χ0v) is 22.0. The summed E-state index contributed by atoms with van der Waals surface area (Å²) in [6.07, 6.45) is 3.29. The van der Waals surface area contributed by atoms with E-state index in [1.54, 1.807) is 0 Å². The molecular formula is C28H35ClN6O. The summed E-state index contributed by atoms with van der Waals surface area (Å²) in [5.41, 5.74) is 3.49. The molecule has 8 heteroatoms. The van der Waals surface area contributed by atoms with Crippen molar-refractivity contribution >= 4 is 33.9 Å². The number of halogens is 1. The molecule has 3 aromatic rings. The van der Waals surface area contributed by atoms with Gasteiger partial charge < -0.3 is 24.8 Å². The molecule has 0 spiro atoms. The van der Waals surface area contributed by atoms with Crippen LogP contribution in [0.5, 0.6) is 6.01 Å². The van der Waals surface area contributed by atoms with Crippen LogP contribution >= 0.6 is 11.6 Å². The molecule has 1 aromatic heterocycles. The minimum atomic E-state index is 0.376. The van der Waals surface area contributed by atoms with Crippen molar-refractivity contribution < 1.29 is 4.74 Å². The number of aromatic nitrogens is 2. The second-order valence-electron chi connectivity index (χ2n) is 10.4. The normalized spacial score (nSPS) is 22.8. The van der Waals surface area contributed by atoms with Crippen molar-refractivity contribution in [2.75, 3.05) is 56.2 Å². The average molecular weight is 507 g/mol. The molecule has 4 heterocycles. The zero-order valence-electron chi connectivity index (χ0n) is 21.2. The zero-order chi connectivity index (χ0) is 24.6. The van der Waals surface area contributed by atoms with E-state index in [-0.39, 0.29) is 0 Å². The van der Waals surface area contributed by atoms with Gasteiger partial charge in [-0.25, -0.2) is 0 Å². The van der Waals surface area contributed by atoms with E-state index in [2.05, 4.69) is 58.3 Å². The van der Waals surface area contributed by atoms with Crippen molar-refractivity contribution in [3.05, 3.63) is 52.7 Å². The SMILES string of the molecule is C[C@H]1CNCCN1c1nc(OC[C@@H]2CCCN2C)nc2c1CCN(c1cccc3cccc(Cl)c13)C2. The Labute approximate surface area is 218 Å². The average Bonchev–Trinajstić information content (AvgIpc) is 3.31. The van der Waals surface area contributed by atoms with Gasteiger partial charge in [0.05, 0.1) is 17.3 Å². The highest BCUT2D eigenvalue weighted by atomic mass is 35.5. The maximum atomic E-state index is 6.68. The van der Waals surface area contributed by atoms with E-state index in [4.69, 9.17) is 26.3 Å². The molecular weight excluding hydrogens is 472 g/mol. The Morgan fingerprint density at radius 2 is 1.97 bits per heavy atom. The summed E-state index contributed by atoms with van der Waals surface area (Å²) in [5.74, 6) is 1.05. The summed E-state index contributed by atoms with van der Waals surface area (Å²) in [6, 6.07) is 13.8. The van der Waals surface area contributed by atoms with Crippen LogP contribution in [-0.4, -0.2) is 73.3 Å². The molecule has 2 atom stereocenters. The molecule has 0 radical (unpaired) electrons. The van der Waals surface area contributed by atoms with Crippen LogP contribution in [-0.2, 0) is 13.0 Å². The maximum Gasteiger partial charge on any atom is 0.318 e. The fourth-order valence-electron chi connectivity index (χ4n) is 5.95. The van der Waals surface area contributed by atoms with E-state index in [1.807, 2.05) is 12.1 Å². The van der Waals surface area contributed by atoms with Gasteiger partial charge in [0.15, 0.2) is 0 Å². The number of hydrogen-bond acceptors (Lipinski definition) is 7. The summed E-state index contributed by atoms with van der Waals surface area (Å²) in [7, 11) is 2.18. The number of likely N-dealkylation sites (N-methyl/N-ethyl adjacent to an activating group) is 1. The Morgan fingerprint density at radius 1 is 1.11 bits per heavy atom. The quantitative estimate of drug-likeness (QED) is 0.558. The lowest BCUT2D eigenvalue weighted by Crippen LogP contribution is -2.51. The van der Waals surface area contributed by atoms with E-state index < -0.39 is 0 Å². The molecule has 7 nitrogen and oxygen atoms in total. The van der Waals surface area contributed by atoms with Gasteiger partial charge in [0.25, 0.3) is 0 Å². The number of nitrogens with zero attached hydrogens (tertiary/aromatic N) is 5. The molecule has 6 rings (SSSR count). The summed E-state index contributed by atoms with van der Waals surface area (Å²) in [5, 5.41) is 6.56. The van der Waals surface area contributed by atoms with Crippen LogP contribution in [0.15, 0.2) is 36.4 Å². The predicted molar refractivity (Wildman–Crippen MR) is 147 cm³/mol. The Morgan fingerprint density at radius 3 is 2.78 bits per heavy atom. The van der Waals surface area contributed by atoms with Gasteiger partial charge in [-0.1, -0.05) is 35.9 Å². The van der Waals surface area contributed by atoms with Gasteiger partial charge in [-0.2, -0.15) is 9.97 Å². The fraction of sp³-hybridized carbons (Fsp3) is 0.500. The van der Waals surface area contributed by atoms with Gasteiger partial charge in [0.2, 0.25) is 0 Å². The van der Waals surface area contributed by atoms with E-state index in [1.165, 1.54) is 18.4 Å². The Kier molecular flexibility index (Phi) is 6.63. The number of likely N-dealkylation sites (tertiary alicyclic amines) is 1. The van der Waals surface area contributed by atoms with Crippen LogP contribution in [0.1, 0.15) is 31.0 Å². The predicted octanol–water partition coefficient (Wildman–Crippen LogP) is 4.12. The molecule has 0 unspecified atom stereocenters. The van der Waals surface area contributed by atoms with Crippen LogP contribution in [0.2, 0.25) is 5.02 Å². The van der Waals surface area contributed by atoms with Crippen molar-refractivity contribution in [3.8, 4) is 6.01 Å². The van der Waals surface area contributed by atoms with Crippen LogP contribution in [0.3, 0.4) is 0 Å². The van der Waals surface area contributed by atoms with Crippen molar-refractivity contribution in [2.24, 2.45) is 0 Å². The molecule has 0 saturated carbocycles. The molecule has 2 fully saturated rings. The first-order valence-electron chi connectivity index (χ1n) is 13.2. The number of piperazine rings is 1. The third-order valence-electron chi connectivity index (χ3n) is 8.04. The topological polar surface area (TPSA) is 56.8 Å². The number of hydrogen-bond donors (Lipinski definition) is 1. The monoisotopic (exact) mass is 506 g/mol. The molecule has 36 heavy (non-hydrogen) atoms. The standard InChI is InChI=1S/C28H35ClN6O/c1-19-16-30-12-15-35(19)27-22-11-14-34(25-10-4-7-20-6-3-9-23(29)26(20)25)17-24(22)31-28(32-27)36-18-21-8-5-13-33(21)2/h3-4,6-7,9-10,19,21,30H,5,8,11-18H2,1-2H3/t19-,21-/m0/s1. The minimum Gasteiger partial charge on any atom is -0.462 e. The van der Waals surface area contributed by atoms with Crippen molar-refractivity contribution in [1.29, 1.82) is 0 Å². The van der Waals surface area contributed by atoms with Crippen LogP contribution in [0.25, 0.3) is 10.8 Å². The van der Waals surface area contributed by atoms with Crippen molar-refractivity contribution in [3.63, 3.8) is 0 Å². The lowest BCUT2D eigenvalue weighted by molar-refractivity contribution is 0.187. The minimum absolute atomic E-state index is 0.376. The van der Waals surface area contributed by atoms with E-state index >= 15 is 0 Å². The smallest absolute Gasteiger partial charge is 0.318 e. The highest BCUT2D eigenvalue weighted by molar-refractivity contribution is 6.36. The molecule has 0 aliphatic carbocycles. The molecule has 190 valence electrons. The van der Waals surface area contributed by atoms with Gasteiger partial charge in [0, 0.05) is 54.9 Å². The van der Waals surface area contributed by atoms with Gasteiger partial charge in [0.1, 0.15) is 12.4 Å². The van der Waals surface area contributed by atoms with Gasteiger partial charge in [-0.3, -0.25) is 0 Å². The maximum absolute atomic E-state index is 6.68. The van der Waals surface area contributed by atoms with Crippen LogP contribution in [0, 0.1) is 0 Å². The van der Waals surface area contributed by atoms with Crippen molar-refractivity contribution in [1.82, 2.24) is 20.2 Å². The van der Waals surface area contributed by atoms with Gasteiger partial charge >= 0.3 is 6.01 Å². The van der Waals surface area contributed by atoms with E-state index in [9.17, 15) is 0 Å². The molecule has 3 aliphatic rings. The number of nitrogens with one attached hydrogen (secondary N) is 1. The first-order chi connectivity index (χ1) is 17.6. The Balaban J connectivity index is 1.35. The molecule has 3 aliphatic heterocycles. The first kappa shape index (κ1) is 23.8. The third kappa shape index (κ3) is 4.49. The van der Waals surface area contributed by atoms with Crippen LogP contribution in [0.4, 0.5) is 11.5 Å². The highest BCUT2D eigenvalue weighted by Crippen LogP contribution is 2.37. The molecule has 2 aromatic carbocycles. The molecule has 1 N–H and O–H groups in total. The summed E-state index contributed by atoms with van der Waals surface area (Å²) >= 11 is 6.68. The Hall–Kier alpha value is -2.61. The number of benzene rings is 2. The second-order valence-corrected chi connectivity index (χ2v) is 10.8. The Bertz CT molecular complexity index is 1250. The lowest BCUT2D eigenvalue weighted by atomic mass is 10.0. The number of anilines is 2. The number of fused-ring (bicyclic) bond motifs is 2. The number of rotatable bonds is 5. The fourth-order valence-corrected chi connectivity index (χ4v) is 6.23. The number of ether oxygens (including phenoxy) is 1. The summed E-state index contributed by atoms with van der Waals surface area (Å²) < 4.78 is 6.28. The van der Waals surface area contributed by atoms with Crippen LogP contribution < -0.4 is 19.9 Å². The van der Waals surface area contributed by atoms with E-state index in [0.717, 1.165) is 78.7 Å². The molecule has 0 amide bonds. The van der Waals surface area contributed by atoms with Gasteiger partial charge in [-0.05, 0) is 57.3 Å². The second kappa shape index (κ2) is 10.0. The summed E-state index contributed by atoms with van der Waals surface area (Å²) in [6.45, 7) is 8.52. The largest absolute Gasteiger partial charge is 0.462 e. The molecule has 0 bridgehead atoms. The lowest BCUT2D eigenvalue weighted by Gasteiger charge is -2.38. The third-order valence-corrected chi connectivity index (χ3v) is 8.36. The highest BCUT2D eigenvalue weighted by Gasteiger charge is 2.30. The van der Waals surface area contributed by atoms with E-state index in [0.29, 0.717) is 24.7 Å². The van der Waals surface area contributed by atoms with Crippen molar-refractivity contribution in [2.45, 2.75) is 44.8 Å². The first-order valence-corrected chi connectivity index (χ1v) is 13.6. The molecule has 2 saturated heterocycles.